The van der Waals surface area contributed by atoms with Gasteiger partial charge in [-0.1, -0.05) is 19.0 Å². The molecule has 10 heteroatoms. The van der Waals surface area contributed by atoms with Crippen LogP contribution in [-0.4, -0.2) is 48.7 Å². The summed E-state index contributed by atoms with van der Waals surface area (Å²) in [6, 6.07) is 2.31. The largest absolute Gasteiger partial charge is 0.378 e. The van der Waals surface area contributed by atoms with E-state index in [0.717, 1.165) is 18.6 Å². The number of hydrogen-bond donors (Lipinski definition) is 0. The fourth-order valence-corrected chi connectivity index (χ4v) is 4.72. The van der Waals surface area contributed by atoms with Gasteiger partial charge < -0.3 is 9.26 Å². The Bertz CT molecular complexity index is 905. The molecule has 160 valence electrons. The van der Waals surface area contributed by atoms with E-state index in [1.807, 2.05) is 0 Å². The maximum absolute atomic E-state index is 13.4. The third kappa shape index (κ3) is 5.80. The van der Waals surface area contributed by atoms with Crippen molar-refractivity contribution in [1.82, 2.24) is 14.4 Å². The summed E-state index contributed by atoms with van der Waals surface area (Å²) in [6.07, 6.45) is 2.16. The Labute approximate surface area is 169 Å². The minimum absolute atomic E-state index is 0.0901. The van der Waals surface area contributed by atoms with Crippen molar-refractivity contribution in [2.75, 3.05) is 19.7 Å². The maximum atomic E-state index is 13.4. The lowest BCUT2D eigenvalue weighted by molar-refractivity contribution is 0.0222. The van der Waals surface area contributed by atoms with Crippen molar-refractivity contribution in [2.24, 2.45) is 5.92 Å². The Morgan fingerprint density at radius 1 is 1.21 bits per heavy atom. The molecule has 0 N–H and O–H groups in total. The molecule has 3 rings (SSSR count). The molecule has 0 saturated carbocycles. The van der Waals surface area contributed by atoms with Gasteiger partial charge in [0.15, 0.2) is 5.82 Å². The Hall–Kier alpha value is -1.91. The number of nitrogens with zero attached hydrogens (tertiary/aromatic N) is 3. The van der Waals surface area contributed by atoms with Gasteiger partial charge in [-0.05, 0) is 30.9 Å². The SMILES string of the molecule is CC(C)Cc1nc(CCOC2CCN(S(=O)(=O)c3cc(F)cc(F)c3)CC2)no1. The molecular weight excluding hydrogens is 404 g/mol. The van der Waals surface area contributed by atoms with Gasteiger partial charge in [-0.2, -0.15) is 9.29 Å². The minimum atomic E-state index is -3.94. The predicted molar refractivity (Wildman–Crippen MR) is 101 cm³/mol. The third-order valence-corrected chi connectivity index (χ3v) is 6.52. The molecule has 0 unspecified atom stereocenters. The molecule has 0 aliphatic carbocycles. The summed E-state index contributed by atoms with van der Waals surface area (Å²) in [6.45, 7) is 5.01. The molecule has 0 spiro atoms. The van der Waals surface area contributed by atoms with E-state index in [1.54, 1.807) is 0 Å². The van der Waals surface area contributed by atoms with Crippen molar-refractivity contribution in [3.8, 4) is 0 Å². The lowest BCUT2D eigenvalue weighted by Crippen LogP contribution is -2.41. The number of aromatic nitrogens is 2. The second-order valence-electron chi connectivity index (χ2n) is 7.53. The lowest BCUT2D eigenvalue weighted by Gasteiger charge is -2.31. The Morgan fingerprint density at radius 3 is 2.48 bits per heavy atom. The molecule has 7 nitrogen and oxygen atoms in total. The van der Waals surface area contributed by atoms with Gasteiger partial charge in [0.1, 0.15) is 11.6 Å². The van der Waals surface area contributed by atoms with Gasteiger partial charge in [-0.3, -0.25) is 0 Å². The van der Waals surface area contributed by atoms with Crippen LogP contribution in [0.15, 0.2) is 27.6 Å². The van der Waals surface area contributed by atoms with Gasteiger partial charge in [0.05, 0.1) is 17.6 Å². The summed E-state index contributed by atoms with van der Waals surface area (Å²) in [4.78, 5) is 3.95. The van der Waals surface area contributed by atoms with Crippen molar-refractivity contribution in [1.29, 1.82) is 0 Å². The molecule has 2 heterocycles. The fourth-order valence-electron chi connectivity index (χ4n) is 3.21. The second-order valence-corrected chi connectivity index (χ2v) is 9.47. The summed E-state index contributed by atoms with van der Waals surface area (Å²) in [5, 5.41) is 3.93. The molecule has 0 amide bonds. The normalized spacial score (nSPS) is 16.6. The molecule has 1 aromatic carbocycles. The Balaban J connectivity index is 1.47. The summed E-state index contributed by atoms with van der Waals surface area (Å²) >= 11 is 0. The molecule has 29 heavy (non-hydrogen) atoms. The number of hydrogen-bond acceptors (Lipinski definition) is 6. The van der Waals surface area contributed by atoms with Crippen molar-refractivity contribution in [2.45, 2.75) is 50.5 Å². The number of ether oxygens (including phenoxy) is 1. The Kier molecular flexibility index (Phi) is 6.97. The first kappa shape index (κ1) is 21.8. The van der Waals surface area contributed by atoms with E-state index in [-0.39, 0.29) is 24.1 Å². The zero-order chi connectivity index (χ0) is 21.0. The zero-order valence-electron chi connectivity index (χ0n) is 16.5. The minimum Gasteiger partial charge on any atom is -0.378 e. The van der Waals surface area contributed by atoms with E-state index < -0.39 is 21.7 Å². The van der Waals surface area contributed by atoms with Crippen molar-refractivity contribution in [3.05, 3.63) is 41.5 Å². The van der Waals surface area contributed by atoms with Crippen LogP contribution in [0.1, 0.15) is 38.4 Å². The van der Waals surface area contributed by atoms with E-state index in [9.17, 15) is 17.2 Å². The van der Waals surface area contributed by atoms with Crippen LogP contribution in [0.2, 0.25) is 0 Å². The Morgan fingerprint density at radius 2 is 1.86 bits per heavy atom. The molecule has 1 aliphatic heterocycles. The molecule has 2 aromatic rings. The van der Waals surface area contributed by atoms with Crippen molar-refractivity contribution >= 4 is 10.0 Å². The van der Waals surface area contributed by atoms with Gasteiger partial charge in [0.25, 0.3) is 0 Å². The molecule has 0 radical (unpaired) electrons. The monoisotopic (exact) mass is 429 g/mol. The average Bonchev–Trinajstić information content (AvgIpc) is 3.08. The van der Waals surface area contributed by atoms with Crippen LogP contribution in [0.25, 0.3) is 0 Å². The first-order chi connectivity index (χ1) is 13.7. The average molecular weight is 429 g/mol. The van der Waals surface area contributed by atoms with Crippen LogP contribution in [0.4, 0.5) is 8.78 Å². The first-order valence-electron chi connectivity index (χ1n) is 9.63. The number of piperidine rings is 1. The maximum Gasteiger partial charge on any atom is 0.243 e. The number of rotatable bonds is 8. The zero-order valence-corrected chi connectivity index (χ0v) is 17.3. The number of benzene rings is 1. The van der Waals surface area contributed by atoms with E-state index in [2.05, 4.69) is 24.0 Å². The smallest absolute Gasteiger partial charge is 0.243 e. The topological polar surface area (TPSA) is 85.5 Å². The highest BCUT2D eigenvalue weighted by molar-refractivity contribution is 7.89. The van der Waals surface area contributed by atoms with Gasteiger partial charge in [-0.25, -0.2) is 17.2 Å². The van der Waals surface area contributed by atoms with Crippen LogP contribution >= 0.6 is 0 Å². The van der Waals surface area contributed by atoms with E-state index >= 15 is 0 Å². The number of halogens is 2. The molecule has 1 saturated heterocycles. The summed E-state index contributed by atoms with van der Waals surface area (Å²) in [5.74, 6) is -0.194. The summed E-state index contributed by atoms with van der Waals surface area (Å²) in [5.41, 5.74) is 0. The quantitative estimate of drug-likeness (QED) is 0.641. The molecular formula is C19H25F2N3O4S. The van der Waals surface area contributed by atoms with E-state index in [4.69, 9.17) is 9.26 Å². The highest BCUT2D eigenvalue weighted by atomic mass is 32.2. The number of sulfonamides is 1. The van der Waals surface area contributed by atoms with Crippen molar-refractivity contribution in [3.63, 3.8) is 0 Å². The van der Waals surface area contributed by atoms with Crippen LogP contribution < -0.4 is 0 Å². The molecule has 1 aromatic heterocycles. The highest BCUT2D eigenvalue weighted by Gasteiger charge is 2.30. The predicted octanol–water partition coefficient (Wildman–Crippen LogP) is 2.96. The molecule has 1 aliphatic rings. The standard InChI is InChI=1S/C19H25F2N3O4S/c1-13(2)9-19-22-18(23-28-19)5-8-27-16-3-6-24(7-4-16)29(25,26)17-11-14(20)10-15(21)12-17/h10-13,16H,3-9H2,1-2H3. The molecule has 0 bridgehead atoms. The summed E-state index contributed by atoms with van der Waals surface area (Å²) in [7, 11) is -3.94. The first-order valence-corrected chi connectivity index (χ1v) is 11.1. The second kappa shape index (κ2) is 9.27. The van der Waals surface area contributed by atoms with Crippen LogP contribution in [-0.2, 0) is 27.6 Å². The third-order valence-electron chi connectivity index (χ3n) is 4.65. The van der Waals surface area contributed by atoms with Gasteiger partial charge in [0.2, 0.25) is 15.9 Å². The lowest BCUT2D eigenvalue weighted by atomic mass is 10.1. The van der Waals surface area contributed by atoms with Crippen LogP contribution in [0.5, 0.6) is 0 Å². The van der Waals surface area contributed by atoms with Crippen molar-refractivity contribution < 1.29 is 26.5 Å². The molecule has 1 fully saturated rings. The summed E-state index contributed by atoms with van der Waals surface area (Å²) < 4.78 is 64.2. The fraction of sp³-hybridized carbons (Fsp3) is 0.579. The highest BCUT2D eigenvalue weighted by Crippen LogP contribution is 2.23. The van der Waals surface area contributed by atoms with Crippen LogP contribution in [0, 0.1) is 17.6 Å². The van der Waals surface area contributed by atoms with Gasteiger partial charge in [0, 0.05) is 32.0 Å². The van der Waals surface area contributed by atoms with Gasteiger partial charge in [-0.15, -0.1) is 0 Å². The van der Waals surface area contributed by atoms with E-state index in [0.29, 0.717) is 49.6 Å². The molecule has 0 atom stereocenters. The van der Waals surface area contributed by atoms with E-state index in [1.165, 1.54) is 4.31 Å². The van der Waals surface area contributed by atoms with Gasteiger partial charge >= 0.3 is 0 Å². The van der Waals surface area contributed by atoms with Crippen LogP contribution in [0.3, 0.4) is 0 Å².